The Morgan fingerprint density at radius 2 is 1.84 bits per heavy atom. The minimum Gasteiger partial charge on any atom is -0.443 e. The highest BCUT2D eigenvalue weighted by Gasteiger charge is 2.14. The summed E-state index contributed by atoms with van der Waals surface area (Å²) in [4.78, 5) is 8.42. The molecule has 0 saturated heterocycles. The zero-order chi connectivity index (χ0) is 13.4. The Bertz CT molecular complexity index is 688. The molecule has 0 unspecified atom stereocenters. The molecule has 1 aromatic carbocycles. The van der Waals surface area contributed by atoms with E-state index in [9.17, 15) is 0 Å². The van der Waals surface area contributed by atoms with E-state index in [2.05, 4.69) is 42.9 Å². The van der Waals surface area contributed by atoms with Gasteiger partial charge < -0.3 is 4.42 Å². The number of benzene rings is 1. The first-order valence-electron chi connectivity index (χ1n) is 6.17. The minimum atomic E-state index is 0.580. The van der Waals surface area contributed by atoms with Crippen LogP contribution in [0.25, 0.3) is 17.3 Å². The molecule has 3 rings (SSSR count). The van der Waals surface area contributed by atoms with Crippen LogP contribution < -0.4 is 0 Å². The summed E-state index contributed by atoms with van der Waals surface area (Å²) in [5.41, 5.74) is 5.68. The summed E-state index contributed by atoms with van der Waals surface area (Å²) in [7, 11) is 0. The Labute approximate surface area is 111 Å². The molecule has 0 aliphatic rings. The molecule has 0 aliphatic carbocycles. The van der Waals surface area contributed by atoms with Crippen LogP contribution in [0.15, 0.2) is 41.5 Å². The number of oxazole rings is 1. The van der Waals surface area contributed by atoms with E-state index >= 15 is 0 Å². The summed E-state index contributed by atoms with van der Waals surface area (Å²) in [6.45, 7) is 6.32. The van der Waals surface area contributed by atoms with Gasteiger partial charge in [0.15, 0.2) is 0 Å². The Morgan fingerprint density at radius 3 is 2.47 bits per heavy atom. The largest absolute Gasteiger partial charge is 0.443 e. The smallest absolute Gasteiger partial charge is 0.245 e. The number of rotatable bonds is 2. The standard InChI is InChI=1S/C15H15N3O/c1-10-6-11(2)14(12(3)7-10)18-9-16-8-13(18)15-17-4-5-19-15/h4-9H,1-3H3. The van der Waals surface area contributed by atoms with Crippen LogP contribution in [-0.2, 0) is 0 Å². The molecule has 0 radical (unpaired) electrons. The second kappa shape index (κ2) is 4.39. The van der Waals surface area contributed by atoms with Crippen molar-refractivity contribution in [1.29, 1.82) is 0 Å². The van der Waals surface area contributed by atoms with Crippen LogP contribution in [0.1, 0.15) is 16.7 Å². The first-order valence-corrected chi connectivity index (χ1v) is 6.17. The molecule has 2 heterocycles. The molecule has 96 valence electrons. The lowest BCUT2D eigenvalue weighted by Crippen LogP contribution is -2.01. The van der Waals surface area contributed by atoms with E-state index in [4.69, 9.17) is 4.42 Å². The van der Waals surface area contributed by atoms with Gasteiger partial charge in [-0.2, -0.15) is 0 Å². The molecule has 0 N–H and O–H groups in total. The maximum absolute atomic E-state index is 5.37. The fourth-order valence-corrected chi connectivity index (χ4v) is 2.53. The van der Waals surface area contributed by atoms with Crippen molar-refractivity contribution >= 4 is 0 Å². The third kappa shape index (κ3) is 1.95. The number of hydrogen-bond donors (Lipinski definition) is 0. The predicted octanol–water partition coefficient (Wildman–Crippen LogP) is 3.45. The molecule has 0 atom stereocenters. The van der Waals surface area contributed by atoms with Crippen molar-refractivity contribution in [2.75, 3.05) is 0 Å². The van der Waals surface area contributed by atoms with Crippen LogP contribution in [0.5, 0.6) is 0 Å². The Hall–Kier alpha value is -2.36. The number of nitrogens with zero attached hydrogens (tertiary/aromatic N) is 3. The van der Waals surface area contributed by atoms with E-state index in [0.717, 1.165) is 11.4 Å². The molecule has 19 heavy (non-hydrogen) atoms. The highest BCUT2D eigenvalue weighted by atomic mass is 16.3. The Kier molecular flexibility index (Phi) is 2.71. The van der Waals surface area contributed by atoms with E-state index < -0.39 is 0 Å². The second-order valence-corrected chi connectivity index (χ2v) is 4.73. The fraction of sp³-hybridized carbons (Fsp3) is 0.200. The van der Waals surface area contributed by atoms with E-state index in [0.29, 0.717) is 5.89 Å². The third-order valence-electron chi connectivity index (χ3n) is 3.17. The topological polar surface area (TPSA) is 43.9 Å². The molecule has 3 aromatic rings. The number of aromatic nitrogens is 3. The Balaban J connectivity index is 2.22. The van der Waals surface area contributed by atoms with Gasteiger partial charge in [0.2, 0.25) is 5.89 Å². The molecular weight excluding hydrogens is 238 g/mol. The van der Waals surface area contributed by atoms with Crippen molar-refractivity contribution in [3.05, 3.63) is 53.8 Å². The van der Waals surface area contributed by atoms with Crippen LogP contribution in [0.3, 0.4) is 0 Å². The van der Waals surface area contributed by atoms with Gasteiger partial charge in [0.05, 0.1) is 24.4 Å². The number of imidazole rings is 1. The van der Waals surface area contributed by atoms with Gasteiger partial charge in [-0.15, -0.1) is 0 Å². The highest BCUT2D eigenvalue weighted by molar-refractivity contribution is 5.57. The average molecular weight is 253 g/mol. The third-order valence-corrected chi connectivity index (χ3v) is 3.17. The molecular formula is C15H15N3O. The summed E-state index contributed by atoms with van der Waals surface area (Å²) in [6.07, 6.45) is 6.78. The molecule has 0 bridgehead atoms. The lowest BCUT2D eigenvalue weighted by Gasteiger charge is -2.13. The number of hydrogen-bond acceptors (Lipinski definition) is 3. The van der Waals surface area contributed by atoms with Gasteiger partial charge in [-0.1, -0.05) is 17.7 Å². The van der Waals surface area contributed by atoms with Crippen LogP contribution in [0, 0.1) is 20.8 Å². The van der Waals surface area contributed by atoms with Crippen LogP contribution in [0.2, 0.25) is 0 Å². The molecule has 2 aromatic heterocycles. The van der Waals surface area contributed by atoms with Crippen molar-refractivity contribution in [3.8, 4) is 17.3 Å². The molecule has 0 spiro atoms. The molecule has 0 amide bonds. The van der Waals surface area contributed by atoms with Crippen molar-refractivity contribution < 1.29 is 4.42 Å². The molecule has 4 nitrogen and oxygen atoms in total. The second-order valence-electron chi connectivity index (χ2n) is 4.73. The molecule has 4 heteroatoms. The zero-order valence-electron chi connectivity index (χ0n) is 11.2. The maximum atomic E-state index is 5.37. The van der Waals surface area contributed by atoms with Crippen LogP contribution in [-0.4, -0.2) is 14.5 Å². The molecule has 0 saturated carbocycles. The van der Waals surface area contributed by atoms with E-state index in [1.54, 1.807) is 25.0 Å². The lowest BCUT2D eigenvalue weighted by atomic mass is 10.0. The van der Waals surface area contributed by atoms with Gasteiger partial charge in [0, 0.05) is 0 Å². The summed E-state index contributed by atoms with van der Waals surface area (Å²) < 4.78 is 7.40. The first kappa shape index (κ1) is 11.7. The number of aryl methyl sites for hydroxylation is 3. The van der Waals surface area contributed by atoms with Gasteiger partial charge in [-0.05, 0) is 31.9 Å². The fourth-order valence-electron chi connectivity index (χ4n) is 2.53. The van der Waals surface area contributed by atoms with Gasteiger partial charge >= 0.3 is 0 Å². The van der Waals surface area contributed by atoms with Crippen molar-refractivity contribution in [3.63, 3.8) is 0 Å². The van der Waals surface area contributed by atoms with Gasteiger partial charge in [0.25, 0.3) is 0 Å². The average Bonchev–Trinajstić information content (AvgIpc) is 2.96. The minimum absolute atomic E-state index is 0.580. The summed E-state index contributed by atoms with van der Waals surface area (Å²) in [6, 6.07) is 4.34. The van der Waals surface area contributed by atoms with E-state index in [1.165, 1.54) is 16.7 Å². The molecule has 0 aliphatic heterocycles. The van der Waals surface area contributed by atoms with Crippen molar-refractivity contribution in [2.45, 2.75) is 20.8 Å². The van der Waals surface area contributed by atoms with Crippen molar-refractivity contribution in [2.24, 2.45) is 0 Å². The molecule has 0 fully saturated rings. The van der Waals surface area contributed by atoms with Crippen molar-refractivity contribution in [1.82, 2.24) is 14.5 Å². The van der Waals surface area contributed by atoms with Gasteiger partial charge in [0.1, 0.15) is 12.0 Å². The van der Waals surface area contributed by atoms with Crippen LogP contribution >= 0.6 is 0 Å². The van der Waals surface area contributed by atoms with Gasteiger partial charge in [-0.3, -0.25) is 4.57 Å². The maximum Gasteiger partial charge on any atom is 0.245 e. The van der Waals surface area contributed by atoms with E-state index in [1.807, 2.05) is 4.57 Å². The highest BCUT2D eigenvalue weighted by Crippen LogP contribution is 2.26. The first-order chi connectivity index (χ1) is 9.16. The normalized spacial score (nSPS) is 10.9. The monoisotopic (exact) mass is 253 g/mol. The summed E-state index contributed by atoms with van der Waals surface area (Å²) in [5.74, 6) is 0.580. The lowest BCUT2D eigenvalue weighted by molar-refractivity contribution is 0.570. The SMILES string of the molecule is Cc1cc(C)c(-n2cncc2-c2ncco2)c(C)c1. The summed E-state index contributed by atoms with van der Waals surface area (Å²) >= 11 is 0. The van der Waals surface area contributed by atoms with Gasteiger partial charge in [-0.25, -0.2) is 9.97 Å². The quantitative estimate of drug-likeness (QED) is 0.702. The summed E-state index contributed by atoms with van der Waals surface area (Å²) in [5, 5.41) is 0. The zero-order valence-corrected chi connectivity index (χ0v) is 11.2. The predicted molar refractivity (Wildman–Crippen MR) is 73.3 cm³/mol. The van der Waals surface area contributed by atoms with Crippen LogP contribution in [0.4, 0.5) is 0 Å². The Morgan fingerprint density at radius 1 is 1.11 bits per heavy atom. The van der Waals surface area contributed by atoms with E-state index in [-0.39, 0.29) is 0 Å².